The van der Waals surface area contributed by atoms with E-state index in [1.54, 1.807) is 13.8 Å². The number of rotatable bonds is 8. The maximum Gasteiger partial charge on any atom is 0.252 e. The van der Waals surface area contributed by atoms with Gasteiger partial charge in [-0.3, -0.25) is 9.59 Å². The Bertz CT molecular complexity index is 646. The third-order valence-electron chi connectivity index (χ3n) is 4.07. The molecule has 0 aliphatic carbocycles. The molecule has 1 aromatic rings. The highest BCUT2D eigenvalue weighted by atomic mass is 16.3. The molecule has 1 aromatic carbocycles. The van der Waals surface area contributed by atoms with Crippen LogP contribution in [0.5, 0.6) is 0 Å². The summed E-state index contributed by atoms with van der Waals surface area (Å²) in [5.74, 6) is -0.882. The van der Waals surface area contributed by atoms with Crippen LogP contribution in [0.15, 0.2) is 0 Å². The Morgan fingerprint density at radius 3 is 2.20 bits per heavy atom. The number of nitrogens with one attached hydrogen (secondary N) is 2. The van der Waals surface area contributed by atoms with Crippen molar-refractivity contribution in [1.82, 2.24) is 10.6 Å². The molecule has 25 heavy (non-hydrogen) atoms. The van der Waals surface area contributed by atoms with E-state index < -0.39 is 24.5 Å². The topological polar surface area (TPSA) is 145 Å². The first-order chi connectivity index (χ1) is 11.8. The fourth-order valence-corrected chi connectivity index (χ4v) is 2.76. The lowest BCUT2D eigenvalue weighted by atomic mass is 9.88. The first-order valence-electron chi connectivity index (χ1n) is 8.17. The quantitative estimate of drug-likeness (QED) is 0.339. The minimum Gasteiger partial charge on any atom is -0.398 e. The van der Waals surface area contributed by atoms with Crippen molar-refractivity contribution in [1.29, 1.82) is 0 Å². The van der Waals surface area contributed by atoms with Gasteiger partial charge in [0.15, 0.2) is 0 Å². The lowest BCUT2D eigenvalue weighted by Gasteiger charge is -2.21. The summed E-state index contributed by atoms with van der Waals surface area (Å²) in [5, 5.41) is 32.2. The van der Waals surface area contributed by atoms with Gasteiger partial charge in [-0.25, -0.2) is 0 Å². The molecule has 0 bridgehead atoms. The number of anilines is 1. The van der Waals surface area contributed by atoms with Crippen LogP contribution in [-0.2, 0) is 6.42 Å². The second-order valence-corrected chi connectivity index (χ2v) is 5.77. The van der Waals surface area contributed by atoms with Crippen molar-refractivity contribution in [2.75, 3.05) is 32.0 Å². The largest absolute Gasteiger partial charge is 0.398 e. The van der Waals surface area contributed by atoms with Gasteiger partial charge in [0.25, 0.3) is 11.8 Å². The van der Waals surface area contributed by atoms with Crippen LogP contribution in [-0.4, -0.2) is 59.5 Å². The number of hydrogen-bond donors (Lipinski definition) is 6. The predicted molar refractivity (Wildman–Crippen MR) is 94.6 cm³/mol. The van der Waals surface area contributed by atoms with Crippen LogP contribution in [0.3, 0.4) is 0 Å². The highest BCUT2D eigenvalue weighted by molar-refractivity contribution is 6.06. The lowest BCUT2D eigenvalue weighted by Crippen LogP contribution is -2.35. The maximum absolute atomic E-state index is 12.5. The van der Waals surface area contributed by atoms with Gasteiger partial charge in [0, 0.05) is 29.9 Å². The number of aliphatic hydroxyl groups excluding tert-OH is 3. The highest BCUT2D eigenvalue weighted by Gasteiger charge is 2.25. The van der Waals surface area contributed by atoms with E-state index in [2.05, 4.69) is 10.6 Å². The summed E-state index contributed by atoms with van der Waals surface area (Å²) in [5.41, 5.74) is 8.81. The molecule has 0 aliphatic rings. The van der Waals surface area contributed by atoms with Crippen LogP contribution in [0.2, 0.25) is 0 Å². The van der Waals surface area contributed by atoms with Gasteiger partial charge in [0.2, 0.25) is 0 Å². The summed E-state index contributed by atoms with van der Waals surface area (Å²) >= 11 is 0. The van der Waals surface area contributed by atoms with Crippen LogP contribution >= 0.6 is 0 Å². The van der Waals surface area contributed by atoms with E-state index in [0.717, 1.165) is 0 Å². The van der Waals surface area contributed by atoms with Gasteiger partial charge in [0.05, 0.1) is 19.3 Å². The van der Waals surface area contributed by atoms with Crippen molar-refractivity contribution < 1.29 is 24.9 Å². The molecule has 2 amide bonds. The molecule has 0 saturated heterocycles. The summed E-state index contributed by atoms with van der Waals surface area (Å²) in [6.45, 7) is 4.55. The zero-order valence-corrected chi connectivity index (χ0v) is 14.8. The SMILES string of the molecule is CCc1c(N)c(C)c(C(=O)NCC(O)CO)c(C)c1C(=O)NCCO. The molecule has 0 heterocycles. The van der Waals surface area contributed by atoms with Crippen molar-refractivity contribution in [3.8, 4) is 0 Å². The molecule has 1 unspecified atom stereocenters. The van der Waals surface area contributed by atoms with Gasteiger partial charge in [-0.15, -0.1) is 0 Å². The molecule has 7 N–H and O–H groups in total. The molecule has 0 saturated carbocycles. The van der Waals surface area contributed by atoms with Crippen molar-refractivity contribution in [2.45, 2.75) is 33.3 Å². The number of carbonyl (C=O) groups excluding carboxylic acids is 2. The van der Waals surface area contributed by atoms with Gasteiger partial charge in [-0.1, -0.05) is 6.92 Å². The fourth-order valence-electron chi connectivity index (χ4n) is 2.76. The molecule has 0 radical (unpaired) electrons. The molecule has 0 fully saturated rings. The number of hydrogen-bond acceptors (Lipinski definition) is 6. The van der Waals surface area contributed by atoms with E-state index in [1.807, 2.05) is 6.92 Å². The van der Waals surface area contributed by atoms with Crippen molar-refractivity contribution >= 4 is 17.5 Å². The smallest absolute Gasteiger partial charge is 0.252 e. The Labute approximate surface area is 147 Å². The summed E-state index contributed by atoms with van der Waals surface area (Å²) in [7, 11) is 0. The summed E-state index contributed by atoms with van der Waals surface area (Å²) in [6.07, 6.45) is -0.551. The molecule has 0 aliphatic heterocycles. The first kappa shape index (κ1) is 20.9. The minimum absolute atomic E-state index is 0.0967. The minimum atomic E-state index is -1.07. The van der Waals surface area contributed by atoms with Gasteiger partial charge < -0.3 is 31.7 Å². The Kier molecular flexibility index (Phi) is 7.82. The van der Waals surface area contributed by atoms with E-state index in [4.69, 9.17) is 15.9 Å². The van der Waals surface area contributed by atoms with Crippen LogP contribution in [0.25, 0.3) is 0 Å². The number of amides is 2. The molecule has 8 heteroatoms. The molecule has 0 aromatic heterocycles. The van der Waals surface area contributed by atoms with Gasteiger partial charge in [-0.2, -0.15) is 0 Å². The molecule has 1 atom stereocenters. The van der Waals surface area contributed by atoms with Gasteiger partial charge >= 0.3 is 0 Å². The van der Waals surface area contributed by atoms with E-state index >= 15 is 0 Å². The van der Waals surface area contributed by atoms with Crippen molar-refractivity contribution in [2.24, 2.45) is 0 Å². The zero-order chi connectivity index (χ0) is 19.1. The molecular weight excluding hydrogens is 326 g/mol. The monoisotopic (exact) mass is 353 g/mol. The molecule has 8 nitrogen and oxygen atoms in total. The highest BCUT2D eigenvalue weighted by Crippen LogP contribution is 2.30. The Balaban J connectivity index is 3.37. The number of aliphatic hydroxyl groups is 3. The van der Waals surface area contributed by atoms with Crippen LogP contribution in [0.4, 0.5) is 5.69 Å². The third-order valence-corrected chi connectivity index (χ3v) is 4.07. The van der Waals surface area contributed by atoms with Crippen molar-refractivity contribution in [3.05, 3.63) is 27.8 Å². The predicted octanol–water partition coefficient (Wildman–Crippen LogP) is -0.747. The Morgan fingerprint density at radius 2 is 1.68 bits per heavy atom. The van der Waals surface area contributed by atoms with Gasteiger partial charge in [-0.05, 0) is 37.0 Å². The second-order valence-electron chi connectivity index (χ2n) is 5.77. The van der Waals surface area contributed by atoms with Crippen molar-refractivity contribution in [3.63, 3.8) is 0 Å². The number of benzene rings is 1. The molecule has 1 rings (SSSR count). The number of carbonyl (C=O) groups is 2. The summed E-state index contributed by atoms with van der Waals surface area (Å²) < 4.78 is 0. The molecular formula is C17H27N3O5. The lowest BCUT2D eigenvalue weighted by molar-refractivity contribution is 0.0801. The summed E-state index contributed by atoms with van der Waals surface area (Å²) in [6, 6.07) is 0. The number of nitrogens with two attached hydrogens (primary N) is 1. The molecule has 0 spiro atoms. The number of nitrogen functional groups attached to an aromatic ring is 1. The van der Waals surface area contributed by atoms with E-state index in [0.29, 0.717) is 34.4 Å². The second kappa shape index (κ2) is 9.36. The average molecular weight is 353 g/mol. The average Bonchev–Trinajstić information content (AvgIpc) is 2.60. The van der Waals surface area contributed by atoms with E-state index in [1.165, 1.54) is 0 Å². The third kappa shape index (κ3) is 4.68. The Morgan fingerprint density at radius 1 is 1.08 bits per heavy atom. The van der Waals surface area contributed by atoms with E-state index in [9.17, 15) is 14.7 Å². The fraction of sp³-hybridized carbons (Fsp3) is 0.529. The first-order valence-corrected chi connectivity index (χ1v) is 8.17. The Hall–Kier alpha value is -2.16. The van der Waals surface area contributed by atoms with Crippen LogP contribution in [0, 0.1) is 13.8 Å². The maximum atomic E-state index is 12.5. The normalized spacial score (nSPS) is 11.9. The van der Waals surface area contributed by atoms with E-state index in [-0.39, 0.29) is 25.3 Å². The molecule has 140 valence electrons. The standard InChI is InChI=1S/C17H27N3O5/c1-4-12-14(17(25)19-5-6-21)9(2)13(10(3)15(12)18)16(24)20-7-11(23)8-22/h11,21-23H,4-8,18H2,1-3H3,(H,19,25)(H,20,24). The van der Waals surface area contributed by atoms with Crippen LogP contribution < -0.4 is 16.4 Å². The summed E-state index contributed by atoms with van der Waals surface area (Å²) in [4.78, 5) is 25.0. The zero-order valence-electron chi connectivity index (χ0n) is 14.8. The van der Waals surface area contributed by atoms with Gasteiger partial charge in [0.1, 0.15) is 0 Å². The van der Waals surface area contributed by atoms with Crippen LogP contribution in [0.1, 0.15) is 44.3 Å².